The highest BCUT2D eigenvalue weighted by molar-refractivity contribution is 7.15. The summed E-state index contributed by atoms with van der Waals surface area (Å²) in [6.07, 6.45) is 2.25. The van der Waals surface area contributed by atoms with E-state index in [4.69, 9.17) is 4.74 Å². The molecule has 2 aromatic rings. The van der Waals surface area contributed by atoms with Crippen LogP contribution in [0.15, 0.2) is 24.3 Å². The van der Waals surface area contributed by atoms with E-state index < -0.39 is 0 Å². The van der Waals surface area contributed by atoms with Gasteiger partial charge in [-0.05, 0) is 65.0 Å². The van der Waals surface area contributed by atoms with Gasteiger partial charge in [0, 0.05) is 0 Å². The van der Waals surface area contributed by atoms with E-state index in [9.17, 15) is 0 Å². The molecule has 0 fully saturated rings. The number of nitrogens with zero attached hydrogens (tertiary/aromatic N) is 2. The molecule has 1 heterocycles. The quantitative estimate of drug-likeness (QED) is 0.719. The molecule has 3 nitrogen and oxygen atoms in total. The van der Waals surface area contributed by atoms with Gasteiger partial charge in [0.15, 0.2) is 0 Å². The van der Waals surface area contributed by atoms with Gasteiger partial charge in [0.25, 0.3) is 0 Å². The van der Waals surface area contributed by atoms with Gasteiger partial charge in [0.2, 0.25) is 0 Å². The summed E-state index contributed by atoms with van der Waals surface area (Å²) >= 11 is 1.74. The van der Waals surface area contributed by atoms with E-state index >= 15 is 0 Å². The van der Waals surface area contributed by atoms with E-state index in [-0.39, 0.29) is 0 Å². The smallest absolute Gasteiger partial charge is 0.119 e. The van der Waals surface area contributed by atoms with Crippen LogP contribution in [0.5, 0.6) is 5.75 Å². The lowest BCUT2D eigenvalue weighted by molar-refractivity contribution is 0.293. The van der Waals surface area contributed by atoms with Crippen molar-refractivity contribution in [3.8, 4) is 16.2 Å². The van der Waals surface area contributed by atoms with Crippen molar-refractivity contribution >= 4 is 11.3 Å². The maximum Gasteiger partial charge on any atom is 0.119 e. The first kappa shape index (κ1) is 16.0. The number of benzene rings is 1. The maximum absolute atomic E-state index is 5.86. The third kappa shape index (κ3) is 4.83. The molecule has 1 aromatic carbocycles. The van der Waals surface area contributed by atoms with Gasteiger partial charge in [0.05, 0.1) is 22.2 Å². The second-order valence-corrected chi connectivity index (χ2v) is 6.74. The first-order chi connectivity index (χ1) is 10.1. The fraction of sp³-hybridized carbons (Fsp3) is 0.471. The van der Waals surface area contributed by atoms with Crippen LogP contribution in [0, 0.1) is 13.8 Å². The van der Waals surface area contributed by atoms with Crippen molar-refractivity contribution in [2.45, 2.75) is 26.7 Å². The number of hydrogen-bond donors (Lipinski definition) is 0. The summed E-state index contributed by atoms with van der Waals surface area (Å²) < 4.78 is 5.86. The molecule has 0 N–H and O–H groups in total. The second-order valence-electron chi connectivity index (χ2n) is 5.53. The molecule has 2 rings (SSSR count). The van der Waals surface area contributed by atoms with Crippen LogP contribution in [0.1, 0.15) is 23.5 Å². The van der Waals surface area contributed by atoms with Gasteiger partial charge in [-0.2, -0.15) is 0 Å². The predicted molar refractivity (Wildman–Crippen MR) is 90.3 cm³/mol. The third-order valence-electron chi connectivity index (χ3n) is 3.27. The normalized spacial score (nSPS) is 11.1. The Morgan fingerprint density at radius 1 is 1.19 bits per heavy atom. The van der Waals surface area contributed by atoms with Gasteiger partial charge in [-0.15, -0.1) is 11.3 Å². The third-order valence-corrected chi connectivity index (χ3v) is 4.39. The fourth-order valence-electron chi connectivity index (χ4n) is 2.25. The molecule has 0 unspecified atom stereocenters. The Morgan fingerprint density at radius 2 is 2.00 bits per heavy atom. The Hall–Kier alpha value is -1.39. The summed E-state index contributed by atoms with van der Waals surface area (Å²) in [6.45, 7) is 6.00. The minimum atomic E-state index is 0.776. The number of unbranched alkanes of at least 4 members (excludes halogenated alkanes) is 1. The number of aromatic nitrogens is 1. The Bertz CT molecular complexity index is 578. The van der Waals surface area contributed by atoms with Crippen molar-refractivity contribution < 1.29 is 4.74 Å². The summed E-state index contributed by atoms with van der Waals surface area (Å²) in [5, 5.41) is 1.11. The zero-order valence-electron chi connectivity index (χ0n) is 13.3. The summed E-state index contributed by atoms with van der Waals surface area (Å²) in [7, 11) is 4.20. The molecule has 114 valence electrons. The standard InChI is InChI=1S/C17H24N2OS/c1-13-17(21-14(2)18-13)15-8-7-9-16(12-15)20-11-6-5-10-19(3)4/h7-9,12H,5-6,10-11H2,1-4H3. The van der Waals surface area contributed by atoms with E-state index in [0.717, 1.165) is 36.0 Å². The van der Waals surface area contributed by atoms with Crippen LogP contribution in [-0.4, -0.2) is 37.1 Å². The van der Waals surface area contributed by atoms with Gasteiger partial charge in [0.1, 0.15) is 5.75 Å². The van der Waals surface area contributed by atoms with Gasteiger partial charge in [-0.1, -0.05) is 12.1 Å². The highest BCUT2D eigenvalue weighted by Crippen LogP contribution is 2.31. The van der Waals surface area contributed by atoms with Crippen LogP contribution in [0.2, 0.25) is 0 Å². The highest BCUT2D eigenvalue weighted by Gasteiger charge is 2.08. The highest BCUT2D eigenvalue weighted by atomic mass is 32.1. The Kier molecular flexibility index (Phi) is 5.76. The molecule has 21 heavy (non-hydrogen) atoms. The summed E-state index contributed by atoms with van der Waals surface area (Å²) in [5.41, 5.74) is 2.30. The molecule has 0 amide bonds. The minimum Gasteiger partial charge on any atom is -0.494 e. The number of rotatable bonds is 7. The average Bonchev–Trinajstić information content (AvgIpc) is 2.77. The van der Waals surface area contributed by atoms with Crippen molar-refractivity contribution in [2.75, 3.05) is 27.2 Å². The number of aryl methyl sites for hydroxylation is 2. The topological polar surface area (TPSA) is 25.4 Å². The molecule has 0 saturated carbocycles. The van der Waals surface area contributed by atoms with Gasteiger partial charge < -0.3 is 9.64 Å². The maximum atomic E-state index is 5.86. The first-order valence-electron chi connectivity index (χ1n) is 7.38. The molecule has 0 aliphatic heterocycles. The second kappa shape index (κ2) is 7.57. The molecule has 1 aromatic heterocycles. The minimum absolute atomic E-state index is 0.776. The molecule has 0 atom stereocenters. The molecular formula is C17H24N2OS. The van der Waals surface area contributed by atoms with E-state index in [2.05, 4.69) is 49.1 Å². The summed E-state index contributed by atoms with van der Waals surface area (Å²) in [4.78, 5) is 7.94. The van der Waals surface area contributed by atoms with Crippen molar-refractivity contribution in [3.63, 3.8) is 0 Å². The lowest BCUT2D eigenvalue weighted by Gasteiger charge is -2.10. The fourth-order valence-corrected chi connectivity index (χ4v) is 3.16. The van der Waals surface area contributed by atoms with E-state index in [1.165, 1.54) is 16.9 Å². The van der Waals surface area contributed by atoms with Crippen LogP contribution in [-0.2, 0) is 0 Å². The average molecular weight is 304 g/mol. The van der Waals surface area contributed by atoms with Crippen molar-refractivity contribution in [2.24, 2.45) is 0 Å². The molecule has 0 spiro atoms. The molecule has 0 aliphatic carbocycles. The molecule has 0 radical (unpaired) electrons. The SMILES string of the molecule is Cc1nc(C)c(-c2cccc(OCCCCN(C)C)c2)s1. The van der Waals surface area contributed by atoms with Gasteiger partial charge >= 0.3 is 0 Å². The molecule has 0 saturated heterocycles. The zero-order valence-corrected chi connectivity index (χ0v) is 14.2. The van der Waals surface area contributed by atoms with Crippen LogP contribution < -0.4 is 4.74 Å². The number of hydrogen-bond acceptors (Lipinski definition) is 4. The van der Waals surface area contributed by atoms with Crippen LogP contribution in [0.4, 0.5) is 0 Å². The molecular weight excluding hydrogens is 280 g/mol. The Morgan fingerprint density at radius 3 is 2.67 bits per heavy atom. The van der Waals surface area contributed by atoms with Crippen LogP contribution in [0.25, 0.3) is 10.4 Å². The van der Waals surface area contributed by atoms with E-state index in [1.54, 1.807) is 11.3 Å². The first-order valence-corrected chi connectivity index (χ1v) is 8.20. The van der Waals surface area contributed by atoms with Gasteiger partial charge in [-0.25, -0.2) is 4.98 Å². The zero-order chi connectivity index (χ0) is 15.2. The lowest BCUT2D eigenvalue weighted by Crippen LogP contribution is -2.13. The predicted octanol–water partition coefficient (Wildman–Crippen LogP) is 4.15. The Balaban J connectivity index is 1.94. The number of thiazole rings is 1. The monoisotopic (exact) mass is 304 g/mol. The summed E-state index contributed by atoms with van der Waals surface area (Å²) in [5.74, 6) is 0.947. The lowest BCUT2D eigenvalue weighted by atomic mass is 10.1. The van der Waals surface area contributed by atoms with E-state index in [1.807, 2.05) is 13.0 Å². The largest absolute Gasteiger partial charge is 0.494 e. The van der Waals surface area contributed by atoms with Gasteiger partial charge in [-0.3, -0.25) is 0 Å². The van der Waals surface area contributed by atoms with Crippen LogP contribution in [0.3, 0.4) is 0 Å². The van der Waals surface area contributed by atoms with Crippen molar-refractivity contribution in [1.82, 2.24) is 9.88 Å². The Labute approximate surface area is 131 Å². The summed E-state index contributed by atoms with van der Waals surface area (Å²) in [6, 6.07) is 8.32. The molecule has 4 heteroatoms. The van der Waals surface area contributed by atoms with E-state index in [0.29, 0.717) is 0 Å². The van der Waals surface area contributed by atoms with Crippen LogP contribution >= 0.6 is 11.3 Å². The number of ether oxygens (including phenoxy) is 1. The molecule has 0 aliphatic rings. The molecule has 0 bridgehead atoms. The van der Waals surface area contributed by atoms with Crippen molar-refractivity contribution in [1.29, 1.82) is 0 Å². The van der Waals surface area contributed by atoms with Crippen molar-refractivity contribution in [3.05, 3.63) is 35.0 Å².